The van der Waals surface area contributed by atoms with Crippen LogP contribution in [0.3, 0.4) is 0 Å². The van der Waals surface area contributed by atoms with Crippen LogP contribution in [0.5, 0.6) is 0 Å². The van der Waals surface area contributed by atoms with Crippen LogP contribution in [0.2, 0.25) is 0 Å². The Hall–Kier alpha value is -0.170. The van der Waals surface area contributed by atoms with Gasteiger partial charge in [-0.3, -0.25) is 4.90 Å². The van der Waals surface area contributed by atoms with Crippen molar-refractivity contribution in [1.29, 1.82) is 0 Å². The van der Waals surface area contributed by atoms with E-state index in [0.29, 0.717) is 24.5 Å². The second-order valence-corrected chi connectivity index (χ2v) is 8.55. The molecule has 1 fully saturated rings. The Morgan fingerprint density at radius 3 is 2.24 bits per heavy atom. The molecule has 126 valence electrons. The van der Waals surface area contributed by atoms with Gasteiger partial charge in [0.15, 0.2) is 0 Å². The summed E-state index contributed by atoms with van der Waals surface area (Å²) >= 11 is 0. The molecule has 5 nitrogen and oxygen atoms in total. The van der Waals surface area contributed by atoms with E-state index in [-0.39, 0.29) is 5.75 Å². The molecule has 0 saturated carbocycles. The van der Waals surface area contributed by atoms with Crippen LogP contribution < -0.4 is 10.0 Å². The molecule has 21 heavy (non-hydrogen) atoms. The topological polar surface area (TPSA) is 61.4 Å². The van der Waals surface area contributed by atoms with Crippen molar-refractivity contribution in [3.05, 3.63) is 0 Å². The minimum Gasteiger partial charge on any atom is -0.317 e. The van der Waals surface area contributed by atoms with Gasteiger partial charge in [-0.25, -0.2) is 13.1 Å². The zero-order chi connectivity index (χ0) is 15.9. The Balaban J connectivity index is 2.28. The van der Waals surface area contributed by atoms with Gasteiger partial charge in [0, 0.05) is 25.2 Å². The molecule has 1 heterocycles. The highest BCUT2D eigenvalue weighted by atomic mass is 32.2. The Bertz CT molecular complexity index is 368. The summed E-state index contributed by atoms with van der Waals surface area (Å²) in [6.07, 6.45) is 2.99. The summed E-state index contributed by atoms with van der Waals surface area (Å²) in [7, 11) is -3.13. The standard InChI is InChI=1S/C15H33N3O2S/c1-13(2)18(14(3)4)11-10-17-21(19,20)12-7-15-5-8-16-9-6-15/h13-17H,5-12H2,1-4H3. The summed E-state index contributed by atoms with van der Waals surface area (Å²) in [6, 6.07) is 0.869. The molecular formula is C15H33N3O2S. The molecule has 6 heteroatoms. The first-order chi connectivity index (χ1) is 9.82. The molecule has 0 bridgehead atoms. The van der Waals surface area contributed by atoms with Crippen molar-refractivity contribution in [1.82, 2.24) is 14.9 Å². The number of nitrogens with one attached hydrogen (secondary N) is 2. The highest BCUT2D eigenvalue weighted by Gasteiger charge is 2.18. The average molecular weight is 320 g/mol. The Labute approximate surface area is 130 Å². The third-order valence-electron chi connectivity index (χ3n) is 4.27. The maximum Gasteiger partial charge on any atom is 0.211 e. The minimum absolute atomic E-state index is 0.265. The Morgan fingerprint density at radius 2 is 1.71 bits per heavy atom. The second-order valence-electron chi connectivity index (χ2n) is 6.62. The summed E-state index contributed by atoms with van der Waals surface area (Å²) in [5.74, 6) is 0.826. The number of sulfonamides is 1. The van der Waals surface area contributed by atoms with Gasteiger partial charge in [0.05, 0.1) is 5.75 Å². The molecule has 0 atom stereocenters. The van der Waals surface area contributed by atoms with Gasteiger partial charge in [0.2, 0.25) is 10.0 Å². The number of nitrogens with zero attached hydrogens (tertiary/aromatic N) is 1. The van der Waals surface area contributed by atoms with E-state index in [1.807, 2.05) is 0 Å². The Morgan fingerprint density at radius 1 is 1.14 bits per heavy atom. The summed E-state index contributed by atoms with van der Waals surface area (Å²) in [5.41, 5.74) is 0. The number of hydrogen-bond donors (Lipinski definition) is 2. The molecule has 0 aromatic carbocycles. The maximum atomic E-state index is 12.0. The van der Waals surface area contributed by atoms with Gasteiger partial charge in [-0.2, -0.15) is 0 Å². The zero-order valence-electron chi connectivity index (χ0n) is 14.1. The summed E-state index contributed by atoms with van der Waals surface area (Å²) in [4.78, 5) is 2.30. The van der Waals surface area contributed by atoms with Crippen LogP contribution in [0, 0.1) is 5.92 Å². The maximum absolute atomic E-state index is 12.0. The third-order valence-corrected chi connectivity index (χ3v) is 5.69. The molecule has 0 amide bonds. The fraction of sp³-hybridized carbons (Fsp3) is 1.00. The number of hydrogen-bond acceptors (Lipinski definition) is 4. The SMILES string of the molecule is CC(C)N(CCNS(=O)(=O)CCC1CCNCC1)C(C)C. The minimum atomic E-state index is -3.13. The van der Waals surface area contributed by atoms with E-state index >= 15 is 0 Å². The van der Waals surface area contributed by atoms with Crippen molar-refractivity contribution in [2.24, 2.45) is 5.92 Å². The van der Waals surface area contributed by atoms with Crippen molar-refractivity contribution in [3.8, 4) is 0 Å². The molecule has 1 aliphatic rings. The van der Waals surface area contributed by atoms with E-state index in [1.165, 1.54) is 0 Å². The lowest BCUT2D eigenvalue weighted by Gasteiger charge is -2.30. The zero-order valence-corrected chi connectivity index (χ0v) is 14.9. The van der Waals surface area contributed by atoms with Crippen LogP contribution >= 0.6 is 0 Å². The normalized spacial score (nSPS) is 18.0. The van der Waals surface area contributed by atoms with Gasteiger partial charge in [-0.05, 0) is 66.0 Å². The molecule has 0 aromatic heterocycles. The van der Waals surface area contributed by atoms with Crippen molar-refractivity contribution >= 4 is 10.0 Å². The first-order valence-corrected chi connectivity index (χ1v) is 9.91. The molecule has 2 N–H and O–H groups in total. The lowest BCUT2D eigenvalue weighted by molar-refractivity contribution is 0.179. The molecule has 0 radical (unpaired) electrons. The third kappa shape index (κ3) is 7.58. The van der Waals surface area contributed by atoms with E-state index in [1.54, 1.807) is 0 Å². The second kappa shape index (κ2) is 9.08. The molecule has 0 unspecified atom stereocenters. The van der Waals surface area contributed by atoms with Crippen molar-refractivity contribution in [3.63, 3.8) is 0 Å². The lowest BCUT2D eigenvalue weighted by atomic mass is 9.96. The fourth-order valence-electron chi connectivity index (χ4n) is 3.01. The van der Waals surface area contributed by atoms with E-state index < -0.39 is 10.0 Å². The van der Waals surface area contributed by atoms with E-state index in [9.17, 15) is 8.42 Å². The van der Waals surface area contributed by atoms with Crippen LogP contribution in [0.25, 0.3) is 0 Å². The van der Waals surface area contributed by atoms with Gasteiger partial charge in [-0.1, -0.05) is 0 Å². The largest absolute Gasteiger partial charge is 0.317 e. The van der Waals surface area contributed by atoms with Crippen molar-refractivity contribution in [2.45, 2.75) is 59.0 Å². The molecule has 0 spiro atoms. The molecule has 1 aliphatic heterocycles. The van der Waals surface area contributed by atoms with E-state index in [2.05, 4.69) is 42.6 Å². The van der Waals surface area contributed by atoms with Gasteiger partial charge in [0.1, 0.15) is 0 Å². The lowest BCUT2D eigenvalue weighted by Crippen LogP contribution is -2.43. The monoisotopic (exact) mass is 319 g/mol. The fourth-order valence-corrected chi connectivity index (χ4v) is 4.20. The van der Waals surface area contributed by atoms with Crippen LogP contribution in [0.1, 0.15) is 47.0 Å². The Kier molecular flexibility index (Phi) is 8.16. The highest BCUT2D eigenvalue weighted by Crippen LogP contribution is 2.16. The van der Waals surface area contributed by atoms with Gasteiger partial charge in [-0.15, -0.1) is 0 Å². The van der Waals surface area contributed by atoms with Crippen LogP contribution in [0.15, 0.2) is 0 Å². The van der Waals surface area contributed by atoms with Gasteiger partial charge >= 0.3 is 0 Å². The summed E-state index contributed by atoms with van der Waals surface area (Å²) < 4.78 is 26.9. The van der Waals surface area contributed by atoms with Crippen LogP contribution in [-0.2, 0) is 10.0 Å². The molecule has 0 aromatic rings. The van der Waals surface area contributed by atoms with Crippen molar-refractivity contribution in [2.75, 3.05) is 31.9 Å². The highest BCUT2D eigenvalue weighted by molar-refractivity contribution is 7.89. The summed E-state index contributed by atoms with van der Waals surface area (Å²) in [5, 5.41) is 3.31. The first-order valence-electron chi connectivity index (χ1n) is 8.25. The molecular weight excluding hydrogens is 286 g/mol. The van der Waals surface area contributed by atoms with Crippen LogP contribution in [-0.4, -0.2) is 57.3 Å². The average Bonchev–Trinajstić information content (AvgIpc) is 2.42. The van der Waals surface area contributed by atoms with Gasteiger partial charge in [0.25, 0.3) is 0 Å². The predicted octanol–water partition coefficient (Wildman–Crippen LogP) is 1.41. The predicted molar refractivity (Wildman–Crippen MR) is 89.0 cm³/mol. The smallest absolute Gasteiger partial charge is 0.211 e. The van der Waals surface area contributed by atoms with Crippen molar-refractivity contribution < 1.29 is 8.42 Å². The quantitative estimate of drug-likeness (QED) is 0.675. The molecule has 0 aliphatic carbocycles. The molecule has 1 rings (SSSR count). The van der Waals surface area contributed by atoms with Gasteiger partial charge < -0.3 is 5.32 Å². The van der Waals surface area contributed by atoms with Crippen LogP contribution in [0.4, 0.5) is 0 Å². The summed E-state index contributed by atoms with van der Waals surface area (Å²) in [6.45, 7) is 11.9. The van der Waals surface area contributed by atoms with E-state index in [0.717, 1.165) is 38.9 Å². The number of piperidine rings is 1. The number of rotatable bonds is 9. The first kappa shape index (κ1) is 18.9. The molecule has 1 saturated heterocycles. The van der Waals surface area contributed by atoms with E-state index in [4.69, 9.17) is 0 Å².